The van der Waals surface area contributed by atoms with Crippen LogP contribution in [-0.4, -0.2) is 25.3 Å². The van der Waals surface area contributed by atoms with Crippen molar-refractivity contribution in [2.24, 2.45) is 0 Å². The van der Waals surface area contributed by atoms with Gasteiger partial charge in [-0.3, -0.25) is 4.79 Å². The summed E-state index contributed by atoms with van der Waals surface area (Å²) < 4.78 is 15.4. The molecule has 0 aliphatic heterocycles. The highest BCUT2D eigenvalue weighted by Gasteiger charge is 2.15. The number of carbonyl (C=O) groups is 1. The van der Waals surface area contributed by atoms with Crippen molar-refractivity contribution >= 4 is 22.5 Å². The number of unbranched alkanes of at least 4 members (excludes halogenated alkanes) is 1. The van der Waals surface area contributed by atoms with Gasteiger partial charge in [-0.05, 0) is 71.5 Å². The zero-order valence-electron chi connectivity index (χ0n) is 16.7. The number of benzene rings is 2. The largest absolute Gasteiger partial charge is 0.478 e. The highest BCUT2D eigenvalue weighted by Crippen LogP contribution is 2.33. The van der Waals surface area contributed by atoms with Gasteiger partial charge in [0.05, 0.1) is 31.2 Å². The molecule has 3 aromatic rings. The Morgan fingerprint density at radius 2 is 2.07 bits per heavy atom. The topological polar surface area (TPSA) is 85.4 Å². The van der Waals surface area contributed by atoms with Crippen LogP contribution in [0, 0.1) is 18.3 Å². The van der Waals surface area contributed by atoms with Crippen LogP contribution in [0.2, 0.25) is 0 Å². The van der Waals surface area contributed by atoms with Crippen LogP contribution in [0.25, 0.3) is 16.5 Å². The summed E-state index contributed by atoms with van der Waals surface area (Å²) in [5.74, 6) is 0.207. The maximum Gasteiger partial charge on any atom is 0.305 e. The molecule has 29 heavy (non-hydrogen) atoms. The van der Waals surface area contributed by atoms with Gasteiger partial charge in [-0.25, -0.2) is 0 Å². The van der Waals surface area contributed by atoms with Gasteiger partial charge in [0, 0.05) is 6.42 Å². The Hall–Kier alpha value is -3.59. The fraction of sp³-hybridized carbons (Fsp3) is 0.261. The van der Waals surface area contributed by atoms with E-state index in [2.05, 4.69) is 17.3 Å². The highest BCUT2D eigenvalue weighted by atomic mass is 16.5. The number of allylic oxidation sites excluding steroid dienone is 1. The Balaban J connectivity index is 2.06. The fourth-order valence-electron chi connectivity index (χ4n) is 3.25. The van der Waals surface area contributed by atoms with Crippen LogP contribution in [0.1, 0.15) is 41.5 Å². The first kappa shape index (κ1) is 20.2. The molecule has 0 saturated heterocycles. The van der Waals surface area contributed by atoms with Gasteiger partial charge in [0.25, 0.3) is 5.88 Å². The van der Waals surface area contributed by atoms with Gasteiger partial charge >= 0.3 is 5.97 Å². The minimum Gasteiger partial charge on any atom is -0.478 e. The fourth-order valence-corrected chi connectivity index (χ4v) is 3.25. The van der Waals surface area contributed by atoms with Crippen molar-refractivity contribution in [2.75, 3.05) is 14.2 Å². The van der Waals surface area contributed by atoms with Gasteiger partial charge in [0.1, 0.15) is 0 Å². The second-order valence-electron chi connectivity index (χ2n) is 6.64. The highest BCUT2D eigenvalue weighted by molar-refractivity contribution is 5.91. The van der Waals surface area contributed by atoms with E-state index in [0.29, 0.717) is 36.3 Å². The summed E-state index contributed by atoms with van der Waals surface area (Å²) in [7, 11) is 2.95. The number of nitriles is 1. The Morgan fingerprint density at radius 1 is 1.24 bits per heavy atom. The standard InChI is InChI=1S/C23H22N2O4/c1-15-11-18(13-20-22(15)29-25-23(20)28-3)19(9-4-5-10-21(26)27-2)17-8-6-7-16(12-17)14-24/h6-9,11-13H,4-5,10H2,1-3H3/b19-9-. The maximum absolute atomic E-state index is 11.4. The van der Waals surface area contributed by atoms with E-state index in [1.54, 1.807) is 13.2 Å². The summed E-state index contributed by atoms with van der Waals surface area (Å²) >= 11 is 0. The predicted octanol–water partition coefficient (Wildman–Crippen LogP) is 4.79. The third-order valence-electron chi connectivity index (χ3n) is 4.69. The van der Waals surface area contributed by atoms with E-state index in [1.165, 1.54) is 7.11 Å². The third-order valence-corrected chi connectivity index (χ3v) is 4.69. The van der Waals surface area contributed by atoms with Crippen molar-refractivity contribution in [3.63, 3.8) is 0 Å². The quantitative estimate of drug-likeness (QED) is 0.426. The second kappa shape index (κ2) is 9.07. The molecule has 3 rings (SSSR count). The van der Waals surface area contributed by atoms with Crippen LogP contribution in [-0.2, 0) is 9.53 Å². The molecule has 0 amide bonds. The molecule has 0 bridgehead atoms. The summed E-state index contributed by atoms with van der Waals surface area (Å²) in [4.78, 5) is 11.4. The number of carbonyl (C=O) groups excluding carboxylic acids is 1. The number of nitrogens with zero attached hydrogens (tertiary/aromatic N) is 2. The van der Waals surface area contributed by atoms with E-state index in [-0.39, 0.29) is 5.97 Å². The Kier molecular flexibility index (Phi) is 6.30. The van der Waals surface area contributed by atoms with E-state index in [1.807, 2.05) is 37.3 Å². The van der Waals surface area contributed by atoms with Crippen LogP contribution in [0.5, 0.6) is 5.88 Å². The molecule has 0 fully saturated rings. The zero-order chi connectivity index (χ0) is 20.8. The van der Waals surface area contributed by atoms with Crippen LogP contribution >= 0.6 is 0 Å². The number of hydrogen-bond donors (Lipinski definition) is 0. The van der Waals surface area contributed by atoms with Crippen LogP contribution in [0.4, 0.5) is 0 Å². The van der Waals surface area contributed by atoms with E-state index in [9.17, 15) is 10.1 Å². The number of ether oxygens (including phenoxy) is 2. The molecule has 0 atom stereocenters. The second-order valence-corrected chi connectivity index (χ2v) is 6.64. The summed E-state index contributed by atoms with van der Waals surface area (Å²) in [6, 6.07) is 13.6. The van der Waals surface area contributed by atoms with E-state index in [0.717, 1.165) is 27.6 Å². The molecule has 148 valence electrons. The molecule has 0 unspecified atom stereocenters. The number of aromatic nitrogens is 1. The molecule has 0 spiro atoms. The average Bonchev–Trinajstić information content (AvgIpc) is 3.17. The lowest BCUT2D eigenvalue weighted by Crippen LogP contribution is -1.99. The molecule has 2 aromatic carbocycles. The number of fused-ring (bicyclic) bond motifs is 1. The van der Waals surface area contributed by atoms with Gasteiger partial charge < -0.3 is 14.0 Å². The molecule has 0 aliphatic rings. The molecule has 6 heteroatoms. The predicted molar refractivity (Wildman–Crippen MR) is 109 cm³/mol. The average molecular weight is 390 g/mol. The third kappa shape index (κ3) is 4.46. The van der Waals surface area contributed by atoms with Crippen molar-refractivity contribution < 1.29 is 18.8 Å². The van der Waals surface area contributed by atoms with E-state index in [4.69, 9.17) is 14.0 Å². The van der Waals surface area contributed by atoms with Crippen molar-refractivity contribution in [2.45, 2.75) is 26.2 Å². The zero-order valence-corrected chi connectivity index (χ0v) is 16.7. The van der Waals surface area contributed by atoms with E-state index >= 15 is 0 Å². The lowest BCUT2D eigenvalue weighted by molar-refractivity contribution is -0.140. The molecule has 0 N–H and O–H groups in total. The van der Waals surface area contributed by atoms with Gasteiger partial charge in [0.2, 0.25) is 0 Å². The van der Waals surface area contributed by atoms with Crippen LogP contribution in [0.15, 0.2) is 47.0 Å². The molecule has 1 aromatic heterocycles. The number of aryl methyl sites for hydroxylation is 1. The SMILES string of the molecule is COC(=O)CCC/C=C(/c1cccc(C#N)c1)c1cc(C)c2onc(OC)c2c1. The minimum atomic E-state index is -0.224. The van der Waals surface area contributed by atoms with Gasteiger partial charge in [-0.2, -0.15) is 5.26 Å². The van der Waals surface area contributed by atoms with Crippen LogP contribution < -0.4 is 4.74 Å². The molecule has 0 aliphatic carbocycles. The van der Waals surface area contributed by atoms with Crippen molar-refractivity contribution in [3.8, 4) is 11.9 Å². The molecular formula is C23H22N2O4. The molecule has 0 saturated carbocycles. The van der Waals surface area contributed by atoms with Crippen molar-refractivity contribution in [1.82, 2.24) is 5.16 Å². The first-order valence-electron chi connectivity index (χ1n) is 9.29. The Bertz CT molecular complexity index is 1110. The first-order valence-corrected chi connectivity index (χ1v) is 9.29. The number of hydrogen-bond acceptors (Lipinski definition) is 6. The number of rotatable bonds is 7. The summed E-state index contributed by atoms with van der Waals surface area (Å²) in [5.41, 5.74) is 5.07. The van der Waals surface area contributed by atoms with Gasteiger partial charge in [-0.15, -0.1) is 0 Å². The van der Waals surface area contributed by atoms with Gasteiger partial charge in [-0.1, -0.05) is 18.2 Å². The maximum atomic E-state index is 11.4. The first-order chi connectivity index (χ1) is 14.1. The molecule has 0 radical (unpaired) electrons. The van der Waals surface area contributed by atoms with Gasteiger partial charge in [0.15, 0.2) is 5.58 Å². The van der Waals surface area contributed by atoms with E-state index < -0.39 is 0 Å². The number of methoxy groups -OCH3 is 2. The summed E-state index contributed by atoms with van der Waals surface area (Å²) in [6.07, 6.45) is 3.81. The molecule has 6 nitrogen and oxygen atoms in total. The molecule has 1 heterocycles. The normalized spacial score (nSPS) is 11.3. The Morgan fingerprint density at radius 3 is 2.79 bits per heavy atom. The molecular weight excluding hydrogens is 368 g/mol. The summed E-state index contributed by atoms with van der Waals surface area (Å²) in [5, 5.41) is 14.0. The lowest BCUT2D eigenvalue weighted by Gasteiger charge is -2.11. The van der Waals surface area contributed by atoms with Crippen molar-refractivity contribution in [1.29, 1.82) is 5.26 Å². The lowest BCUT2D eigenvalue weighted by atomic mass is 9.93. The number of esters is 1. The monoisotopic (exact) mass is 390 g/mol. The van der Waals surface area contributed by atoms with Crippen LogP contribution in [0.3, 0.4) is 0 Å². The minimum absolute atomic E-state index is 0.224. The summed E-state index contributed by atoms with van der Waals surface area (Å²) in [6.45, 7) is 1.96. The smallest absolute Gasteiger partial charge is 0.305 e. The van der Waals surface area contributed by atoms with Crippen molar-refractivity contribution in [3.05, 3.63) is 64.7 Å². The Labute approximate surface area is 169 Å².